The Balaban J connectivity index is 1.24. The Kier molecular flexibility index (Phi) is 9.41. The Morgan fingerprint density at radius 1 is 0.750 bits per heavy atom. The van der Waals surface area contributed by atoms with Gasteiger partial charge in [0.05, 0.1) is 18.8 Å². The smallest absolute Gasteiger partial charge is 0.429 e. The summed E-state index contributed by atoms with van der Waals surface area (Å²) in [6.45, 7) is 2.76. The van der Waals surface area contributed by atoms with Crippen molar-refractivity contribution in [3.8, 4) is 28.0 Å². The number of ether oxygens (including phenoxy) is 3. The third-order valence-electron chi connectivity index (χ3n) is 7.22. The van der Waals surface area contributed by atoms with Crippen LogP contribution in [0.3, 0.4) is 0 Å². The van der Waals surface area contributed by atoms with Gasteiger partial charge in [0.1, 0.15) is 17.4 Å². The summed E-state index contributed by atoms with van der Waals surface area (Å²) in [5, 5.41) is 0. The second kappa shape index (κ2) is 13.2. The van der Waals surface area contributed by atoms with Crippen molar-refractivity contribution in [3.05, 3.63) is 125 Å². The van der Waals surface area contributed by atoms with E-state index in [9.17, 15) is 30.7 Å². The van der Waals surface area contributed by atoms with Crippen molar-refractivity contribution in [1.29, 1.82) is 0 Å². The Hall–Kier alpha value is -4.15. The van der Waals surface area contributed by atoms with Gasteiger partial charge < -0.3 is 14.2 Å². The highest BCUT2D eigenvalue weighted by Crippen LogP contribution is 2.37. The third-order valence-corrected chi connectivity index (χ3v) is 7.22. The zero-order valence-corrected chi connectivity index (χ0v) is 23.4. The van der Waals surface area contributed by atoms with E-state index in [0.29, 0.717) is 36.5 Å². The van der Waals surface area contributed by atoms with Gasteiger partial charge in [-0.05, 0) is 78.9 Å². The van der Waals surface area contributed by atoms with Crippen molar-refractivity contribution >= 4 is 0 Å². The van der Waals surface area contributed by atoms with Crippen molar-refractivity contribution in [2.24, 2.45) is 5.92 Å². The summed E-state index contributed by atoms with van der Waals surface area (Å²) in [5.74, 6) is -6.69. The Morgan fingerprint density at radius 3 is 2.00 bits per heavy atom. The van der Waals surface area contributed by atoms with E-state index in [1.165, 1.54) is 42.5 Å². The average Bonchev–Trinajstić information content (AvgIpc) is 3.00. The SMILES string of the molecule is CC=CCCC1COC(c2ccc(C(F)(F)Oc3ccc(-c4ccc(-c5cc(F)c(F)c(F)c5)c(F)c4)cc3)c(F)c2)OC1. The van der Waals surface area contributed by atoms with Crippen molar-refractivity contribution < 1.29 is 44.9 Å². The molecule has 3 nitrogen and oxygen atoms in total. The largest absolute Gasteiger partial charge is 0.429 e. The molecule has 0 N–H and O–H groups in total. The molecule has 0 spiro atoms. The lowest BCUT2D eigenvalue weighted by atomic mass is 9.99. The molecule has 0 saturated carbocycles. The number of allylic oxidation sites excluding steroid dienone is 2. The highest BCUT2D eigenvalue weighted by molar-refractivity contribution is 5.71. The molecule has 0 amide bonds. The molecule has 1 fully saturated rings. The van der Waals surface area contributed by atoms with E-state index >= 15 is 0 Å². The number of hydrogen-bond acceptors (Lipinski definition) is 3. The molecular formula is C34H27F7O3. The van der Waals surface area contributed by atoms with Gasteiger partial charge in [-0.25, -0.2) is 22.0 Å². The molecule has 10 heteroatoms. The number of halogens is 7. The molecule has 0 unspecified atom stereocenters. The lowest BCUT2D eigenvalue weighted by molar-refractivity contribution is -0.206. The molecule has 44 heavy (non-hydrogen) atoms. The third kappa shape index (κ3) is 6.97. The maximum Gasteiger partial charge on any atom is 0.429 e. The van der Waals surface area contributed by atoms with Gasteiger partial charge >= 0.3 is 6.11 Å². The second-order valence-corrected chi connectivity index (χ2v) is 10.3. The predicted molar refractivity (Wildman–Crippen MR) is 150 cm³/mol. The topological polar surface area (TPSA) is 27.7 Å². The molecule has 1 aliphatic rings. The molecule has 1 aliphatic heterocycles. The molecule has 0 radical (unpaired) electrons. The Morgan fingerprint density at radius 2 is 1.39 bits per heavy atom. The monoisotopic (exact) mass is 616 g/mol. The molecule has 0 aliphatic carbocycles. The Bertz CT molecular complexity index is 1620. The van der Waals surface area contributed by atoms with E-state index in [1.807, 2.05) is 19.1 Å². The second-order valence-electron chi connectivity index (χ2n) is 10.3. The highest BCUT2D eigenvalue weighted by atomic mass is 19.3. The first-order valence-electron chi connectivity index (χ1n) is 13.8. The molecule has 1 saturated heterocycles. The standard InChI is InChI=1S/C34H27F7O3/c1-2-3-4-5-20-18-42-33(43-19-20)23-9-13-27(29(36)15-23)34(40,41)44-25-10-6-21(7-11-25)22-8-12-26(28(35)14-22)24-16-30(37)32(39)31(38)17-24/h2-3,6-17,20,33H,4-5,18-19H2,1H3. The summed E-state index contributed by atoms with van der Waals surface area (Å²) in [6, 6.07) is 13.5. The Labute approximate surface area is 249 Å². The van der Waals surface area contributed by atoms with E-state index < -0.39 is 47.0 Å². The molecular weight excluding hydrogens is 589 g/mol. The van der Waals surface area contributed by atoms with Gasteiger partial charge in [-0.2, -0.15) is 8.78 Å². The summed E-state index contributed by atoms with van der Waals surface area (Å²) in [5.41, 5.74) is -0.326. The van der Waals surface area contributed by atoms with Gasteiger partial charge in [0.2, 0.25) is 0 Å². The van der Waals surface area contributed by atoms with Crippen LogP contribution in [0.25, 0.3) is 22.3 Å². The van der Waals surface area contributed by atoms with Crippen molar-refractivity contribution in [3.63, 3.8) is 0 Å². The van der Waals surface area contributed by atoms with Crippen molar-refractivity contribution in [1.82, 2.24) is 0 Å². The van der Waals surface area contributed by atoms with Crippen LogP contribution in [0.5, 0.6) is 5.75 Å². The molecule has 0 atom stereocenters. The van der Waals surface area contributed by atoms with Gasteiger partial charge in [0.25, 0.3) is 0 Å². The van der Waals surface area contributed by atoms with E-state index in [1.54, 1.807) is 0 Å². The van der Waals surface area contributed by atoms with E-state index in [0.717, 1.165) is 31.0 Å². The maximum absolute atomic E-state index is 15.0. The number of rotatable bonds is 9. The van der Waals surface area contributed by atoms with Crippen LogP contribution in [0.1, 0.15) is 37.2 Å². The van der Waals surface area contributed by atoms with Crippen LogP contribution in [-0.4, -0.2) is 13.2 Å². The molecule has 5 rings (SSSR count). The zero-order valence-electron chi connectivity index (χ0n) is 23.4. The zero-order chi connectivity index (χ0) is 31.4. The average molecular weight is 617 g/mol. The number of alkyl halides is 2. The molecule has 0 aromatic heterocycles. The summed E-state index contributed by atoms with van der Waals surface area (Å²) in [7, 11) is 0. The maximum atomic E-state index is 15.0. The molecule has 4 aromatic carbocycles. The van der Waals surface area contributed by atoms with E-state index in [2.05, 4.69) is 0 Å². The molecule has 230 valence electrons. The fourth-order valence-corrected chi connectivity index (χ4v) is 4.87. The van der Waals surface area contributed by atoms with E-state index in [4.69, 9.17) is 14.2 Å². The van der Waals surface area contributed by atoms with Gasteiger partial charge in [0, 0.05) is 17.0 Å². The lowest BCUT2D eigenvalue weighted by Gasteiger charge is -2.29. The molecule has 1 heterocycles. The van der Waals surface area contributed by atoms with Gasteiger partial charge in [-0.15, -0.1) is 0 Å². The molecule has 4 aromatic rings. The van der Waals surface area contributed by atoms with E-state index in [-0.39, 0.29) is 28.4 Å². The van der Waals surface area contributed by atoms with Crippen molar-refractivity contribution in [2.45, 2.75) is 32.2 Å². The van der Waals surface area contributed by atoms with Crippen LogP contribution in [0, 0.1) is 35.0 Å². The minimum atomic E-state index is -4.02. The summed E-state index contributed by atoms with van der Waals surface area (Å²) < 4.78 is 116. The summed E-state index contributed by atoms with van der Waals surface area (Å²) in [4.78, 5) is 0. The highest BCUT2D eigenvalue weighted by Gasteiger charge is 2.38. The minimum Gasteiger partial charge on any atom is -0.429 e. The fraction of sp³-hybridized carbons (Fsp3) is 0.235. The quantitative estimate of drug-likeness (QED) is 0.106. The van der Waals surface area contributed by atoms with Crippen LogP contribution in [0.2, 0.25) is 0 Å². The van der Waals surface area contributed by atoms with Crippen LogP contribution in [0.15, 0.2) is 84.9 Å². The first-order chi connectivity index (χ1) is 21.1. The fourth-order valence-electron chi connectivity index (χ4n) is 4.87. The van der Waals surface area contributed by atoms with Gasteiger partial charge in [-0.3, -0.25) is 0 Å². The van der Waals surface area contributed by atoms with Crippen LogP contribution in [0.4, 0.5) is 30.7 Å². The number of hydrogen-bond donors (Lipinski definition) is 0. The van der Waals surface area contributed by atoms with Crippen LogP contribution >= 0.6 is 0 Å². The predicted octanol–water partition coefficient (Wildman–Crippen LogP) is 9.86. The number of benzene rings is 4. The lowest BCUT2D eigenvalue weighted by Crippen LogP contribution is -2.27. The van der Waals surface area contributed by atoms with Crippen LogP contribution < -0.4 is 4.74 Å². The molecule has 0 bridgehead atoms. The van der Waals surface area contributed by atoms with Crippen molar-refractivity contribution in [2.75, 3.05) is 13.2 Å². The summed E-state index contributed by atoms with van der Waals surface area (Å²) >= 11 is 0. The first kappa shape index (κ1) is 31.3. The van der Waals surface area contributed by atoms with Gasteiger partial charge in [-0.1, -0.05) is 42.5 Å². The first-order valence-corrected chi connectivity index (χ1v) is 13.8. The minimum absolute atomic E-state index is 0.162. The van der Waals surface area contributed by atoms with Gasteiger partial charge in [0.15, 0.2) is 23.7 Å². The normalized spacial score (nSPS) is 17.3. The summed E-state index contributed by atoms with van der Waals surface area (Å²) in [6.07, 6.45) is 0.879. The van der Waals surface area contributed by atoms with Crippen LogP contribution in [-0.2, 0) is 15.6 Å².